The van der Waals surface area contributed by atoms with Gasteiger partial charge in [0.15, 0.2) is 0 Å². The van der Waals surface area contributed by atoms with E-state index in [4.69, 9.17) is 4.74 Å². The molecule has 3 fully saturated rings. The van der Waals surface area contributed by atoms with Crippen LogP contribution in [0.2, 0.25) is 11.1 Å². The van der Waals surface area contributed by atoms with E-state index < -0.39 is 16.5 Å². The van der Waals surface area contributed by atoms with E-state index in [0.717, 1.165) is 32.1 Å². The standard InChI is InChI=1S/C18H30BO3/c1-6-17(21)9-15(4)7-12(2)8-18(10-15,11-17)22-14(20)16(5)13(3)19-16/h12-13,21H,6-11H2,1-5H3. The third kappa shape index (κ3) is 2.62. The summed E-state index contributed by atoms with van der Waals surface area (Å²) in [6, 6.07) is 0. The van der Waals surface area contributed by atoms with Gasteiger partial charge in [-0.1, -0.05) is 40.4 Å². The van der Waals surface area contributed by atoms with Gasteiger partial charge in [-0.05, 0) is 43.4 Å². The fourth-order valence-electron chi connectivity index (χ4n) is 5.59. The van der Waals surface area contributed by atoms with Gasteiger partial charge in [-0.15, -0.1) is 0 Å². The van der Waals surface area contributed by atoms with Crippen LogP contribution in [0.3, 0.4) is 0 Å². The zero-order valence-electron chi connectivity index (χ0n) is 14.7. The van der Waals surface area contributed by atoms with E-state index in [1.54, 1.807) is 0 Å². The highest BCUT2D eigenvalue weighted by molar-refractivity contribution is 6.63. The van der Waals surface area contributed by atoms with Gasteiger partial charge in [0.25, 0.3) is 0 Å². The Morgan fingerprint density at radius 2 is 1.86 bits per heavy atom. The molecule has 0 amide bonds. The van der Waals surface area contributed by atoms with E-state index in [1.807, 2.05) is 13.8 Å². The first-order valence-corrected chi connectivity index (χ1v) is 8.86. The zero-order valence-corrected chi connectivity index (χ0v) is 14.7. The molecule has 6 atom stereocenters. The number of aliphatic hydroxyl groups is 1. The number of rotatable bonds is 3. The van der Waals surface area contributed by atoms with Crippen LogP contribution in [-0.2, 0) is 9.53 Å². The molecule has 6 unspecified atom stereocenters. The highest BCUT2D eigenvalue weighted by Gasteiger charge is 2.61. The van der Waals surface area contributed by atoms with E-state index >= 15 is 0 Å². The van der Waals surface area contributed by atoms with Gasteiger partial charge in [0.1, 0.15) is 12.9 Å². The van der Waals surface area contributed by atoms with Gasteiger partial charge in [-0.3, -0.25) is 4.79 Å². The second-order valence-electron chi connectivity index (χ2n) is 9.24. The minimum Gasteiger partial charge on any atom is -0.459 e. The number of hydrogen-bond donors (Lipinski definition) is 1. The molecule has 1 N–H and O–H groups in total. The average molecular weight is 305 g/mol. The summed E-state index contributed by atoms with van der Waals surface area (Å²) in [4.78, 5) is 12.7. The Labute approximate surface area is 135 Å². The van der Waals surface area contributed by atoms with Crippen LogP contribution < -0.4 is 0 Å². The fourth-order valence-corrected chi connectivity index (χ4v) is 5.59. The van der Waals surface area contributed by atoms with Crippen molar-refractivity contribution in [3.05, 3.63) is 0 Å². The van der Waals surface area contributed by atoms with Gasteiger partial charge < -0.3 is 9.84 Å². The van der Waals surface area contributed by atoms with Gasteiger partial charge >= 0.3 is 5.97 Å². The molecule has 0 aromatic rings. The molecule has 1 saturated heterocycles. The summed E-state index contributed by atoms with van der Waals surface area (Å²) in [7, 11) is 2.06. The van der Waals surface area contributed by atoms with E-state index in [9.17, 15) is 9.90 Å². The summed E-state index contributed by atoms with van der Waals surface area (Å²) in [6.45, 7) is 10.6. The van der Waals surface area contributed by atoms with Crippen LogP contribution in [0.4, 0.5) is 0 Å². The second-order valence-corrected chi connectivity index (χ2v) is 9.24. The van der Waals surface area contributed by atoms with Crippen molar-refractivity contribution < 1.29 is 14.6 Å². The van der Waals surface area contributed by atoms with Crippen molar-refractivity contribution in [2.45, 2.75) is 95.5 Å². The quantitative estimate of drug-likeness (QED) is 0.638. The Balaban J connectivity index is 1.86. The Hall–Kier alpha value is -0.505. The Bertz CT molecular complexity index is 495. The molecule has 1 radical (unpaired) electrons. The van der Waals surface area contributed by atoms with Crippen LogP contribution in [0, 0.1) is 11.3 Å². The molecule has 123 valence electrons. The summed E-state index contributed by atoms with van der Waals surface area (Å²) in [5.74, 6) is 0.760. The summed E-state index contributed by atoms with van der Waals surface area (Å²) < 4.78 is 6.15. The molecule has 3 rings (SSSR count). The first-order chi connectivity index (χ1) is 10.0. The molecule has 3 nitrogen and oxygen atoms in total. The van der Waals surface area contributed by atoms with Crippen molar-refractivity contribution in [2.24, 2.45) is 11.3 Å². The Morgan fingerprint density at radius 3 is 2.41 bits per heavy atom. The Kier molecular flexibility index (Phi) is 3.53. The average Bonchev–Trinajstić information content (AvgIpc) is 2.95. The van der Waals surface area contributed by atoms with Gasteiger partial charge in [0.05, 0.1) is 5.60 Å². The lowest BCUT2D eigenvalue weighted by atomic mass is 9.53. The minimum atomic E-state index is -0.687. The number of hydrogen-bond acceptors (Lipinski definition) is 3. The first kappa shape index (κ1) is 16.4. The lowest BCUT2D eigenvalue weighted by Gasteiger charge is -2.57. The van der Waals surface area contributed by atoms with Gasteiger partial charge in [0.2, 0.25) is 0 Å². The van der Waals surface area contributed by atoms with Crippen LogP contribution >= 0.6 is 0 Å². The molecule has 0 aromatic heterocycles. The van der Waals surface area contributed by atoms with Gasteiger partial charge in [-0.25, -0.2) is 0 Å². The summed E-state index contributed by atoms with van der Waals surface area (Å²) in [6.07, 6.45) is 5.08. The highest BCUT2D eigenvalue weighted by Crippen LogP contribution is 2.61. The number of carbonyl (C=O) groups excluding carboxylic acids is 1. The molecule has 4 heteroatoms. The third-order valence-corrected chi connectivity index (χ3v) is 6.56. The number of carbonyl (C=O) groups is 1. The maximum Gasteiger partial charge on any atom is 0.303 e. The second kappa shape index (κ2) is 4.75. The molecule has 0 spiro atoms. The van der Waals surface area contributed by atoms with Crippen LogP contribution in [0.5, 0.6) is 0 Å². The van der Waals surface area contributed by atoms with E-state index in [0.29, 0.717) is 18.2 Å². The zero-order chi connectivity index (χ0) is 16.4. The fraction of sp³-hybridized carbons (Fsp3) is 0.944. The summed E-state index contributed by atoms with van der Waals surface area (Å²) >= 11 is 0. The van der Waals surface area contributed by atoms with Crippen LogP contribution in [0.1, 0.15) is 73.1 Å². The van der Waals surface area contributed by atoms with Crippen LogP contribution in [-0.4, -0.2) is 29.6 Å². The predicted octanol–water partition coefficient (Wildman–Crippen LogP) is 3.73. The normalized spacial score (nSPS) is 53.5. The topological polar surface area (TPSA) is 46.5 Å². The molecule has 3 aliphatic rings. The lowest BCUT2D eigenvalue weighted by Crippen LogP contribution is -2.58. The molecular weight excluding hydrogens is 275 g/mol. The maximum atomic E-state index is 12.7. The first-order valence-electron chi connectivity index (χ1n) is 8.86. The number of fused-ring (bicyclic) bond motifs is 2. The summed E-state index contributed by atoms with van der Waals surface area (Å²) in [5, 5.41) is 10.6. The van der Waals surface area contributed by atoms with E-state index in [2.05, 4.69) is 28.1 Å². The maximum absolute atomic E-state index is 12.7. The molecular formula is C18H30BO3. The predicted molar refractivity (Wildman–Crippen MR) is 88.0 cm³/mol. The molecule has 2 aliphatic carbocycles. The highest BCUT2D eigenvalue weighted by atomic mass is 16.6. The van der Waals surface area contributed by atoms with Crippen molar-refractivity contribution in [3.63, 3.8) is 0 Å². The molecule has 2 saturated carbocycles. The largest absolute Gasteiger partial charge is 0.459 e. The van der Waals surface area contributed by atoms with Crippen molar-refractivity contribution in [1.29, 1.82) is 0 Å². The van der Waals surface area contributed by atoms with Crippen molar-refractivity contribution in [1.82, 2.24) is 0 Å². The number of ether oxygens (including phenoxy) is 1. The van der Waals surface area contributed by atoms with Gasteiger partial charge in [-0.2, -0.15) is 0 Å². The monoisotopic (exact) mass is 305 g/mol. The SMILES string of the molecule is CCC1(O)CC2(C)CC(C)CC(OC(=O)C3(C)[B]C3C)(C2)C1. The van der Waals surface area contributed by atoms with Crippen molar-refractivity contribution >= 4 is 13.2 Å². The minimum absolute atomic E-state index is 0.0841. The molecule has 1 aliphatic heterocycles. The van der Waals surface area contributed by atoms with Crippen LogP contribution in [0.25, 0.3) is 0 Å². The van der Waals surface area contributed by atoms with Crippen LogP contribution in [0.15, 0.2) is 0 Å². The number of esters is 1. The van der Waals surface area contributed by atoms with Crippen molar-refractivity contribution in [2.75, 3.05) is 0 Å². The molecule has 0 aromatic carbocycles. The lowest BCUT2D eigenvalue weighted by molar-refractivity contribution is -0.208. The molecule has 22 heavy (non-hydrogen) atoms. The smallest absolute Gasteiger partial charge is 0.303 e. The van der Waals surface area contributed by atoms with E-state index in [1.165, 1.54) is 0 Å². The molecule has 2 bridgehead atoms. The van der Waals surface area contributed by atoms with E-state index in [-0.39, 0.29) is 11.4 Å². The van der Waals surface area contributed by atoms with Gasteiger partial charge in [0, 0.05) is 11.7 Å². The summed E-state index contributed by atoms with van der Waals surface area (Å²) in [5.41, 5.74) is -1.07. The third-order valence-electron chi connectivity index (χ3n) is 6.56. The molecule has 1 heterocycles. The Morgan fingerprint density at radius 1 is 1.23 bits per heavy atom. The van der Waals surface area contributed by atoms with Crippen molar-refractivity contribution in [3.8, 4) is 0 Å².